The maximum atomic E-state index is 11.7. The molecule has 2 aromatic carbocycles. The van der Waals surface area contributed by atoms with Crippen molar-refractivity contribution < 1.29 is 9.53 Å². The van der Waals surface area contributed by atoms with Gasteiger partial charge in [-0.2, -0.15) is 5.26 Å². The van der Waals surface area contributed by atoms with E-state index in [-0.39, 0.29) is 5.97 Å². The molecule has 4 heteroatoms. The third-order valence-electron chi connectivity index (χ3n) is 2.95. The fourth-order valence-electron chi connectivity index (χ4n) is 1.87. The van der Waals surface area contributed by atoms with Crippen LogP contribution in [0.25, 0.3) is 0 Å². The van der Waals surface area contributed by atoms with Gasteiger partial charge in [-0.05, 0) is 42.8 Å². The molecule has 0 radical (unpaired) electrons. The fraction of sp³-hybridized carbons (Fsp3) is 0.176. The molecule has 0 aliphatic rings. The predicted octanol–water partition coefficient (Wildman–Crippen LogP) is 3.35. The number of nitrogens with zero attached hydrogens (tertiary/aromatic N) is 1. The molecule has 0 saturated heterocycles. The van der Waals surface area contributed by atoms with Gasteiger partial charge in [0.1, 0.15) is 0 Å². The second-order valence-electron chi connectivity index (χ2n) is 4.46. The zero-order chi connectivity index (χ0) is 15.1. The van der Waals surface area contributed by atoms with E-state index in [9.17, 15) is 4.79 Å². The van der Waals surface area contributed by atoms with Gasteiger partial charge in [-0.25, -0.2) is 4.79 Å². The standard InChI is InChI=1S/C17H16N2O2/c1-2-21-17(20)15-4-3-5-16(10-15)19-12-14-8-6-13(11-18)7-9-14/h3-10,19H,2,12H2,1H3. The largest absolute Gasteiger partial charge is 0.462 e. The van der Waals surface area contributed by atoms with Gasteiger partial charge in [0.2, 0.25) is 0 Å². The van der Waals surface area contributed by atoms with Crippen LogP contribution < -0.4 is 5.32 Å². The summed E-state index contributed by atoms with van der Waals surface area (Å²) in [5, 5.41) is 12.0. The van der Waals surface area contributed by atoms with Crippen molar-refractivity contribution in [3.8, 4) is 6.07 Å². The summed E-state index contributed by atoms with van der Waals surface area (Å²) in [7, 11) is 0. The van der Waals surface area contributed by atoms with E-state index in [0.29, 0.717) is 24.3 Å². The monoisotopic (exact) mass is 280 g/mol. The van der Waals surface area contributed by atoms with Crippen molar-refractivity contribution in [2.45, 2.75) is 13.5 Å². The Bertz CT molecular complexity index is 657. The lowest BCUT2D eigenvalue weighted by atomic mass is 10.1. The van der Waals surface area contributed by atoms with Crippen LogP contribution in [0.1, 0.15) is 28.4 Å². The van der Waals surface area contributed by atoms with Crippen LogP contribution in [0.3, 0.4) is 0 Å². The first-order chi connectivity index (χ1) is 10.2. The molecule has 21 heavy (non-hydrogen) atoms. The van der Waals surface area contributed by atoms with Crippen LogP contribution in [0, 0.1) is 11.3 Å². The number of hydrogen-bond donors (Lipinski definition) is 1. The summed E-state index contributed by atoms with van der Waals surface area (Å²) in [5.41, 5.74) is 3.09. The Hall–Kier alpha value is -2.80. The SMILES string of the molecule is CCOC(=O)c1cccc(NCc2ccc(C#N)cc2)c1. The molecule has 2 rings (SSSR count). The smallest absolute Gasteiger partial charge is 0.338 e. The normalized spacial score (nSPS) is 9.71. The first-order valence-electron chi connectivity index (χ1n) is 6.73. The third kappa shape index (κ3) is 4.08. The lowest BCUT2D eigenvalue weighted by molar-refractivity contribution is 0.0526. The van der Waals surface area contributed by atoms with Crippen LogP contribution in [-0.2, 0) is 11.3 Å². The molecular weight excluding hydrogens is 264 g/mol. The zero-order valence-corrected chi connectivity index (χ0v) is 11.8. The Morgan fingerprint density at radius 2 is 2.00 bits per heavy atom. The number of anilines is 1. The first kappa shape index (κ1) is 14.6. The molecule has 0 saturated carbocycles. The van der Waals surface area contributed by atoms with Crippen LogP contribution in [-0.4, -0.2) is 12.6 Å². The number of nitrogens with one attached hydrogen (secondary N) is 1. The number of rotatable bonds is 5. The van der Waals surface area contributed by atoms with E-state index in [4.69, 9.17) is 10.00 Å². The van der Waals surface area contributed by atoms with Gasteiger partial charge in [0.25, 0.3) is 0 Å². The summed E-state index contributed by atoms with van der Waals surface area (Å²) in [6, 6.07) is 16.7. The summed E-state index contributed by atoms with van der Waals surface area (Å²) in [6.45, 7) is 2.77. The van der Waals surface area contributed by atoms with Crippen molar-refractivity contribution in [2.24, 2.45) is 0 Å². The van der Waals surface area contributed by atoms with Crippen molar-refractivity contribution in [2.75, 3.05) is 11.9 Å². The number of nitriles is 1. The van der Waals surface area contributed by atoms with Crippen molar-refractivity contribution in [1.29, 1.82) is 5.26 Å². The molecule has 0 amide bonds. The number of ether oxygens (including phenoxy) is 1. The molecule has 0 aliphatic heterocycles. The Kier molecular flexibility index (Phi) is 4.94. The Morgan fingerprint density at radius 3 is 2.67 bits per heavy atom. The highest BCUT2D eigenvalue weighted by atomic mass is 16.5. The fourth-order valence-corrected chi connectivity index (χ4v) is 1.87. The molecule has 1 N–H and O–H groups in total. The zero-order valence-electron chi connectivity index (χ0n) is 11.8. The molecule has 0 heterocycles. The minimum absolute atomic E-state index is 0.320. The Labute approximate surface area is 124 Å². The Morgan fingerprint density at radius 1 is 1.24 bits per heavy atom. The van der Waals surface area contributed by atoms with Crippen molar-refractivity contribution in [3.05, 3.63) is 65.2 Å². The molecule has 106 valence electrons. The molecule has 0 aliphatic carbocycles. The minimum Gasteiger partial charge on any atom is -0.462 e. The summed E-state index contributed by atoms with van der Waals surface area (Å²) >= 11 is 0. The third-order valence-corrected chi connectivity index (χ3v) is 2.95. The molecule has 0 atom stereocenters. The van der Waals surface area contributed by atoms with Gasteiger partial charge in [-0.15, -0.1) is 0 Å². The second kappa shape index (κ2) is 7.11. The summed E-state index contributed by atoms with van der Waals surface area (Å²) < 4.78 is 4.97. The maximum absolute atomic E-state index is 11.7. The molecule has 0 unspecified atom stereocenters. The number of esters is 1. The average molecular weight is 280 g/mol. The average Bonchev–Trinajstić information content (AvgIpc) is 2.54. The lowest BCUT2D eigenvalue weighted by Gasteiger charge is -2.08. The van der Waals surface area contributed by atoms with Gasteiger partial charge in [0.15, 0.2) is 0 Å². The van der Waals surface area contributed by atoms with E-state index in [1.54, 1.807) is 31.2 Å². The topological polar surface area (TPSA) is 62.1 Å². The summed E-state index contributed by atoms with van der Waals surface area (Å²) in [6.07, 6.45) is 0. The van der Waals surface area contributed by atoms with Crippen LogP contribution in [0.2, 0.25) is 0 Å². The van der Waals surface area contributed by atoms with Gasteiger partial charge in [-0.3, -0.25) is 0 Å². The molecule has 0 fully saturated rings. The minimum atomic E-state index is -0.320. The molecular formula is C17H16N2O2. The van der Waals surface area contributed by atoms with E-state index in [2.05, 4.69) is 11.4 Å². The molecule has 0 bridgehead atoms. The van der Waals surface area contributed by atoms with Gasteiger partial charge >= 0.3 is 5.97 Å². The molecule has 2 aromatic rings. The first-order valence-corrected chi connectivity index (χ1v) is 6.73. The quantitative estimate of drug-likeness (QED) is 0.853. The van der Waals surface area contributed by atoms with Gasteiger partial charge in [0, 0.05) is 12.2 Å². The van der Waals surface area contributed by atoms with Gasteiger partial charge in [-0.1, -0.05) is 18.2 Å². The van der Waals surface area contributed by atoms with Crippen LogP contribution >= 0.6 is 0 Å². The number of carbonyl (C=O) groups excluding carboxylic acids is 1. The van der Waals surface area contributed by atoms with E-state index in [1.165, 1.54) is 0 Å². The summed E-state index contributed by atoms with van der Waals surface area (Å²) in [4.78, 5) is 11.7. The van der Waals surface area contributed by atoms with Gasteiger partial charge in [0.05, 0.1) is 23.8 Å². The summed E-state index contributed by atoms with van der Waals surface area (Å²) in [5.74, 6) is -0.320. The highest BCUT2D eigenvalue weighted by Crippen LogP contribution is 2.13. The van der Waals surface area contributed by atoms with E-state index < -0.39 is 0 Å². The van der Waals surface area contributed by atoms with E-state index in [0.717, 1.165) is 11.3 Å². The van der Waals surface area contributed by atoms with Crippen molar-refractivity contribution in [1.82, 2.24) is 0 Å². The highest BCUT2D eigenvalue weighted by molar-refractivity contribution is 5.90. The van der Waals surface area contributed by atoms with E-state index >= 15 is 0 Å². The molecule has 0 spiro atoms. The number of hydrogen-bond acceptors (Lipinski definition) is 4. The van der Waals surface area contributed by atoms with Crippen LogP contribution in [0.5, 0.6) is 0 Å². The van der Waals surface area contributed by atoms with Crippen molar-refractivity contribution in [3.63, 3.8) is 0 Å². The number of benzene rings is 2. The molecule has 0 aromatic heterocycles. The maximum Gasteiger partial charge on any atom is 0.338 e. The molecule has 4 nitrogen and oxygen atoms in total. The van der Waals surface area contributed by atoms with Crippen LogP contribution in [0.15, 0.2) is 48.5 Å². The number of carbonyl (C=O) groups is 1. The Balaban J connectivity index is 2.01. The van der Waals surface area contributed by atoms with Crippen LogP contribution in [0.4, 0.5) is 5.69 Å². The lowest BCUT2D eigenvalue weighted by Crippen LogP contribution is -2.06. The van der Waals surface area contributed by atoms with Crippen molar-refractivity contribution >= 4 is 11.7 Å². The predicted molar refractivity (Wildman–Crippen MR) is 80.9 cm³/mol. The second-order valence-corrected chi connectivity index (χ2v) is 4.46. The van der Waals surface area contributed by atoms with Gasteiger partial charge < -0.3 is 10.1 Å². The highest BCUT2D eigenvalue weighted by Gasteiger charge is 2.06. The van der Waals surface area contributed by atoms with E-state index in [1.807, 2.05) is 24.3 Å².